The van der Waals surface area contributed by atoms with Crippen molar-refractivity contribution in [3.63, 3.8) is 0 Å². The van der Waals surface area contributed by atoms with Crippen molar-refractivity contribution in [3.05, 3.63) is 0 Å². The summed E-state index contributed by atoms with van der Waals surface area (Å²) in [5.41, 5.74) is 5.63. The minimum absolute atomic E-state index is 0.801. The molecule has 2 nitrogen and oxygen atoms in total. The number of thioether (sulfide) groups is 1. The topological polar surface area (TPSA) is 29.3 Å². The molecule has 72 valence electrons. The third-order valence-corrected chi connectivity index (χ3v) is 3.24. The van der Waals surface area contributed by atoms with Gasteiger partial charge in [-0.25, -0.2) is 0 Å². The number of nitrogens with zero attached hydrogens (tertiary/aromatic N) is 1. The van der Waals surface area contributed by atoms with E-state index in [9.17, 15) is 0 Å². The molecule has 0 spiro atoms. The Labute approximate surface area is 79.9 Å². The summed E-state index contributed by atoms with van der Waals surface area (Å²) in [4.78, 5) is 2.56. The first kappa shape index (κ1) is 10.4. The Morgan fingerprint density at radius 1 is 1.42 bits per heavy atom. The Bertz CT molecular complexity index is 111. The number of hydrogen-bond acceptors (Lipinski definition) is 3. The maximum absolute atomic E-state index is 5.63. The molecule has 1 fully saturated rings. The lowest BCUT2D eigenvalue weighted by Crippen LogP contribution is -2.37. The molecule has 0 aromatic rings. The summed E-state index contributed by atoms with van der Waals surface area (Å²) in [5, 5.41) is 0. The van der Waals surface area contributed by atoms with E-state index in [1.807, 2.05) is 11.8 Å². The van der Waals surface area contributed by atoms with Crippen LogP contribution in [0.4, 0.5) is 0 Å². The second-order valence-electron chi connectivity index (χ2n) is 3.51. The monoisotopic (exact) mass is 188 g/mol. The van der Waals surface area contributed by atoms with Gasteiger partial charge in [-0.15, -0.1) is 0 Å². The smallest absolute Gasteiger partial charge is 0.00722 e. The number of likely N-dealkylation sites (tertiary alicyclic amines) is 1. The fraction of sp³-hybridized carbons (Fsp3) is 1.00. The van der Waals surface area contributed by atoms with E-state index >= 15 is 0 Å². The van der Waals surface area contributed by atoms with Crippen LogP contribution in [0.3, 0.4) is 0 Å². The molecule has 0 saturated carbocycles. The van der Waals surface area contributed by atoms with Gasteiger partial charge < -0.3 is 10.6 Å². The number of rotatable bonds is 4. The molecular weight excluding hydrogens is 168 g/mol. The van der Waals surface area contributed by atoms with Crippen molar-refractivity contribution in [2.75, 3.05) is 38.2 Å². The third-order valence-electron chi connectivity index (χ3n) is 2.65. The summed E-state index contributed by atoms with van der Waals surface area (Å²) >= 11 is 1.94. The van der Waals surface area contributed by atoms with Crippen LogP contribution in [0, 0.1) is 5.92 Å². The van der Waals surface area contributed by atoms with Gasteiger partial charge in [0.1, 0.15) is 0 Å². The zero-order valence-electron chi connectivity index (χ0n) is 7.96. The van der Waals surface area contributed by atoms with Crippen molar-refractivity contribution < 1.29 is 0 Å². The SMILES string of the molecule is CSCCN1CCC(CN)CC1. The molecular formula is C9H20N2S. The van der Waals surface area contributed by atoms with Crippen LogP contribution in [-0.4, -0.2) is 43.1 Å². The van der Waals surface area contributed by atoms with Gasteiger partial charge in [-0.05, 0) is 44.6 Å². The van der Waals surface area contributed by atoms with Crippen LogP contribution in [0.2, 0.25) is 0 Å². The van der Waals surface area contributed by atoms with Crippen LogP contribution in [0.1, 0.15) is 12.8 Å². The molecule has 0 aromatic carbocycles. The average Bonchev–Trinajstić information content (AvgIpc) is 2.15. The lowest BCUT2D eigenvalue weighted by atomic mass is 9.97. The minimum Gasteiger partial charge on any atom is -0.330 e. The van der Waals surface area contributed by atoms with E-state index in [-0.39, 0.29) is 0 Å². The molecule has 2 N–H and O–H groups in total. The molecule has 0 radical (unpaired) electrons. The standard InChI is InChI=1S/C9H20N2S/c1-12-7-6-11-4-2-9(8-10)3-5-11/h9H,2-8,10H2,1H3. The Morgan fingerprint density at radius 3 is 2.58 bits per heavy atom. The van der Waals surface area contributed by atoms with Crippen LogP contribution in [0.15, 0.2) is 0 Å². The molecule has 1 rings (SSSR count). The van der Waals surface area contributed by atoms with Crippen molar-refractivity contribution in [2.24, 2.45) is 11.7 Å². The Balaban J connectivity index is 2.09. The normalized spacial score (nSPS) is 21.5. The first-order valence-electron chi connectivity index (χ1n) is 4.78. The summed E-state index contributed by atoms with van der Waals surface area (Å²) in [6.07, 6.45) is 4.79. The summed E-state index contributed by atoms with van der Waals surface area (Å²) < 4.78 is 0. The molecule has 0 amide bonds. The highest BCUT2D eigenvalue weighted by Crippen LogP contribution is 2.15. The number of hydrogen-bond donors (Lipinski definition) is 1. The Kier molecular flexibility index (Phi) is 5.04. The molecule has 0 atom stereocenters. The molecule has 0 bridgehead atoms. The van der Waals surface area contributed by atoms with E-state index in [0.29, 0.717) is 0 Å². The van der Waals surface area contributed by atoms with Crippen LogP contribution < -0.4 is 5.73 Å². The van der Waals surface area contributed by atoms with Crippen molar-refractivity contribution >= 4 is 11.8 Å². The Hall–Kier alpha value is 0.270. The van der Waals surface area contributed by atoms with Crippen LogP contribution >= 0.6 is 11.8 Å². The molecule has 0 unspecified atom stereocenters. The van der Waals surface area contributed by atoms with Gasteiger partial charge in [0.15, 0.2) is 0 Å². The predicted molar refractivity (Wildman–Crippen MR) is 56.6 cm³/mol. The highest BCUT2D eigenvalue weighted by molar-refractivity contribution is 7.98. The number of nitrogens with two attached hydrogens (primary N) is 1. The van der Waals surface area contributed by atoms with Gasteiger partial charge in [0, 0.05) is 12.3 Å². The highest BCUT2D eigenvalue weighted by atomic mass is 32.2. The lowest BCUT2D eigenvalue weighted by molar-refractivity contribution is 0.197. The van der Waals surface area contributed by atoms with Crippen molar-refractivity contribution in [2.45, 2.75) is 12.8 Å². The third kappa shape index (κ3) is 3.33. The molecule has 1 heterocycles. The lowest BCUT2D eigenvalue weighted by Gasteiger charge is -2.30. The van der Waals surface area contributed by atoms with Gasteiger partial charge in [-0.3, -0.25) is 0 Å². The fourth-order valence-electron chi connectivity index (χ4n) is 1.67. The highest BCUT2D eigenvalue weighted by Gasteiger charge is 2.16. The van der Waals surface area contributed by atoms with Gasteiger partial charge >= 0.3 is 0 Å². The molecule has 1 saturated heterocycles. The fourth-order valence-corrected chi connectivity index (χ4v) is 2.11. The van der Waals surface area contributed by atoms with E-state index in [2.05, 4.69) is 11.2 Å². The second kappa shape index (κ2) is 5.84. The van der Waals surface area contributed by atoms with E-state index in [0.717, 1.165) is 12.5 Å². The van der Waals surface area contributed by atoms with Gasteiger partial charge in [0.2, 0.25) is 0 Å². The maximum Gasteiger partial charge on any atom is 0.00722 e. The van der Waals surface area contributed by atoms with Crippen LogP contribution in [0.25, 0.3) is 0 Å². The molecule has 3 heteroatoms. The van der Waals surface area contributed by atoms with E-state index < -0.39 is 0 Å². The second-order valence-corrected chi connectivity index (χ2v) is 4.50. The van der Waals surface area contributed by atoms with Crippen molar-refractivity contribution in [1.29, 1.82) is 0 Å². The van der Waals surface area contributed by atoms with E-state index in [1.54, 1.807) is 0 Å². The van der Waals surface area contributed by atoms with Gasteiger partial charge in [0.25, 0.3) is 0 Å². The summed E-state index contributed by atoms with van der Waals surface area (Å²) in [5.74, 6) is 2.07. The van der Waals surface area contributed by atoms with Gasteiger partial charge in [-0.1, -0.05) is 0 Å². The van der Waals surface area contributed by atoms with E-state index in [4.69, 9.17) is 5.73 Å². The zero-order valence-corrected chi connectivity index (χ0v) is 8.78. The molecule has 0 aliphatic carbocycles. The molecule has 1 aliphatic heterocycles. The zero-order chi connectivity index (χ0) is 8.81. The minimum atomic E-state index is 0.801. The summed E-state index contributed by atoms with van der Waals surface area (Å²) in [7, 11) is 0. The van der Waals surface area contributed by atoms with E-state index in [1.165, 1.54) is 38.2 Å². The average molecular weight is 188 g/mol. The molecule has 1 aliphatic rings. The predicted octanol–water partition coefficient (Wildman–Crippen LogP) is 1.02. The van der Waals surface area contributed by atoms with Crippen molar-refractivity contribution in [3.8, 4) is 0 Å². The first-order chi connectivity index (χ1) is 5.86. The molecule has 12 heavy (non-hydrogen) atoms. The van der Waals surface area contributed by atoms with Crippen LogP contribution in [-0.2, 0) is 0 Å². The maximum atomic E-state index is 5.63. The molecule has 0 aromatic heterocycles. The van der Waals surface area contributed by atoms with Crippen LogP contribution in [0.5, 0.6) is 0 Å². The summed E-state index contributed by atoms with van der Waals surface area (Å²) in [6.45, 7) is 4.68. The van der Waals surface area contributed by atoms with Crippen molar-refractivity contribution in [1.82, 2.24) is 4.90 Å². The first-order valence-corrected chi connectivity index (χ1v) is 6.17. The van der Waals surface area contributed by atoms with Gasteiger partial charge in [-0.2, -0.15) is 11.8 Å². The Morgan fingerprint density at radius 2 is 2.08 bits per heavy atom. The number of piperidine rings is 1. The quantitative estimate of drug-likeness (QED) is 0.714. The largest absolute Gasteiger partial charge is 0.330 e. The summed E-state index contributed by atoms with van der Waals surface area (Å²) in [6, 6.07) is 0. The van der Waals surface area contributed by atoms with Gasteiger partial charge in [0.05, 0.1) is 0 Å².